The third-order valence-corrected chi connectivity index (χ3v) is 3.13. The Kier molecular flexibility index (Phi) is 5.78. The zero-order valence-corrected chi connectivity index (χ0v) is 13.9. The maximum atomic E-state index is 12.0. The van der Waals surface area contributed by atoms with E-state index in [9.17, 15) is 20.1 Å². The van der Waals surface area contributed by atoms with Crippen LogP contribution in [0.1, 0.15) is 13.8 Å². The standard InChI is InChI=1S/C17H20N2O6/c1-3-24-14-6-5-10(9-15(14)25-4-2)18-17(23)19-11-7-12(20)16(22)13(21)8-11/h5-9,20-22H,3-4H2,1-2H3,(H2,18,19,23). The maximum absolute atomic E-state index is 12.0. The Hall–Kier alpha value is -3.29. The van der Waals surface area contributed by atoms with Gasteiger partial charge < -0.3 is 35.4 Å². The monoisotopic (exact) mass is 348 g/mol. The van der Waals surface area contributed by atoms with Crippen molar-refractivity contribution >= 4 is 17.4 Å². The van der Waals surface area contributed by atoms with Crippen LogP contribution in [0.15, 0.2) is 30.3 Å². The Morgan fingerprint density at radius 1 is 0.880 bits per heavy atom. The van der Waals surface area contributed by atoms with E-state index in [0.29, 0.717) is 30.4 Å². The average Bonchev–Trinajstić information content (AvgIpc) is 2.55. The molecule has 5 N–H and O–H groups in total. The van der Waals surface area contributed by atoms with Crippen LogP contribution in [0.2, 0.25) is 0 Å². The van der Waals surface area contributed by atoms with Crippen LogP contribution >= 0.6 is 0 Å². The van der Waals surface area contributed by atoms with Gasteiger partial charge in [-0.25, -0.2) is 4.79 Å². The summed E-state index contributed by atoms with van der Waals surface area (Å²) < 4.78 is 10.9. The van der Waals surface area contributed by atoms with E-state index in [-0.39, 0.29) is 5.69 Å². The molecule has 0 saturated carbocycles. The molecular weight excluding hydrogens is 328 g/mol. The fourth-order valence-electron chi connectivity index (χ4n) is 2.10. The third kappa shape index (κ3) is 4.60. The fourth-order valence-corrected chi connectivity index (χ4v) is 2.10. The number of carbonyl (C=O) groups excluding carboxylic acids is 1. The number of carbonyl (C=O) groups is 1. The van der Waals surface area contributed by atoms with Crippen molar-refractivity contribution in [3.63, 3.8) is 0 Å². The Morgan fingerprint density at radius 2 is 1.44 bits per heavy atom. The number of phenolic OH excluding ortho intramolecular Hbond substituents is 3. The molecule has 0 bridgehead atoms. The predicted octanol–water partition coefficient (Wildman–Crippen LogP) is 3.24. The summed E-state index contributed by atoms with van der Waals surface area (Å²) in [7, 11) is 0. The molecule has 0 radical (unpaired) electrons. The minimum Gasteiger partial charge on any atom is -0.504 e. The predicted molar refractivity (Wildman–Crippen MR) is 92.9 cm³/mol. The van der Waals surface area contributed by atoms with E-state index >= 15 is 0 Å². The molecule has 0 spiro atoms. The molecule has 0 heterocycles. The number of hydrogen-bond acceptors (Lipinski definition) is 6. The van der Waals surface area contributed by atoms with Gasteiger partial charge in [0.2, 0.25) is 0 Å². The van der Waals surface area contributed by atoms with E-state index < -0.39 is 23.3 Å². The first-order valence-corrected chi connectivity index (χ1v) is 7.67. The van der Waals surface area contributed by atoms with Gasteiger partial charge in [-0.15, -0.1) is 0 Å². The Labute approximate surface area is 144 Å². The number of aromatic hydroxyl groups is 3. The van der Waals surface area contributed by atoms with Crippen LogP contribution in [-0.2, 0) is 0 Å². The molecule has 25 heavy (non-hydrogen) atoms. The van der Waals surface area contributed by atoms with Crippen molar-refractivity contribution in [3.05, 3.63) is 30.3 Å². The molecule has 0 unspecified atom stereocenters. The Balaban J connectivity index is 2.11. The summed E-state index contributed by atoms with van der Waals surface area (Å²) in [6.07, 6.45) is 0. The van der Waals surface area contributed by atoms with E-state index in [4.69, 9.17) is 9.47 Å². The molecule has 0 aliphatic rings. The first kappa shape index (κ1) is 18.1. The summed E-state index contributed by atoms with van der Waals surface area (Å²) in [6.45, 7) is 4.63. The molecule has 0 aliphatic carbocycles. The van der Waals surface area contributed by atoms with Crippen molar-refractivity contribution in [2.75, 3.05) is 23.8 Å². The van der Waals surface area contributed by atoms with Gasteiger partial charge in [0.25, 0.3) is 0 Å². The third-order valence-electron chi connectivity index (χ3n) is 3.13. The molecule has 2 amide bonds. The van der Waals surface area contributed by atoms with Gasteiger partial charge >= 0.3 is 6.03 Å². The Bertz CT molecular complexity index is 740. The van der Waals surface area contributed by atoms with Crippen LogP contribution in [0.4, 0.5) is 16.2 Å². The second-order valence-electron chi connectivity index (χ2n) is 4.97. The van der Waals surface area contributed by atoms with Gasteiger partial charge in [0, 0.05) is 23.9 Å². The molecule has 8 heteroatoms. The van der Waals surface area contributed by atoms with Crippen LogP contribution in [-0.4, -0.2) is 34.6 Å². The van der Waals surface area contributed by atoms with Crippen molar-refractivity contribution in [3.8, 4) is 28.7 Å². The average molecular weight is 348 g/mol. The highest BCUT2D eigenvalue weighted by Gasteiger charge is 2.12. The zero-order valence-electron chi connectivity index (χ0n) is 13.9. The maximum Gasteiger partial charge on any atom is 0.323 e. The zero-order chi connectivity index (χ0) is 18.4. The minimum absolute atomic E-state index is 0.112. The fraction of sp³-hybridized carbons (Fsp3) is 0.235. The summed E-state index contributed by atoms with van der Waals surface area (Å²) in [5.41, 5.74) is 0.581. The first-order chi connectivity index (χ1) is 11.9. The van der Waals surface area contributed by atoms with Crippen LogP contribution in [0.25, 0.3) is 0 Å². The van der Waals surface area contributed by atoms with Crippen molar-refractivity contribution in [2.24, 2.45) is 0 Å². The number of phenols is 3. The molecule has 0 aliphatic heterocycles. The van der Waals surface area contributed by atoms with Crippen LogP contribution in [0, 0.1) is 0 Å². The van der Waals surface area contributed by atoms with E-state index in [2.05, 4.69) is 10.6 Å². The SMILES string of the molecule is CCOc1ccc(NC(=O)Nc2cc(O)c(O)c(O)c2)cc1OCC. The molecule has 134 valence electrons. The molecule has 0 fully saturated rings. The molecule has 0 atom stereocenters. The number of anilines is 2. The lowest BCUT2D eigenvalue weighted by Gasteiger charge is -2.13. The first-order valence-electron chi connectivity index (χ1n) is 7.67. The number of nitrogens with one attached hydrogen (secondary N) is 2. The van der Waals surface area contributed by atoms with Gasteiger partial charge in [-0.3, -0.25) is 0 Å². The quantitative estimate of drug-likeness (QED) is 0.404. The van der Waals surface area contributed by atoms with E-state index in [1.165, 1.54) is 0 Å². The topological polar surface area (TPSA) is 120 Å². The molecule has 2 rings (SSSR count). The lowest BCUT2D eigenvalue weighted by atomic mass is 10.2. The van der Waals surface area contributed by atoms with Gasteiger partial charge in [-0.1, -0.05) is 0 Å². The summed E-state index contributed by atoms with van der Waals surface area (Å²) in [4.78, 5) is 12.0. The summed E-state index contributed by atoms with van der Waals surface area (Å²) in [5, 5.41) is 33.2. The van der Waals surface area contributed by atoms with Gasteiger partial charge in [-0.2, -0.15) is 0 Å². The highest BCUT2D eigenvalue weighted by atomic mass is 16.5. The van der Waals surface area contributed by atoms with E-state index in [1.807, 2.05) is 13.8 Å². The lowest BCUT2D eigenvalue weighted by molar-refractivity contribution is 0.262. The van der Waals surface area contributed by atoms with Crippen LogP contribution in [0.5, 0.6) is 28.7 Å². The molecule has 0 saturated heterocycles. The second kappa shape index (κ2) is 8.00. The van der Waals surface area contributed by atoms with E-state index in [0.717, 1.165) is 12.1 Å². The van der Waals surface area contributed by atoms with Crippen molar-refractivity contribution in [1.82, 2.24) is 0 Å². The number of urea groups is 1. The lowest BCUT2D eigenvalue weighted by Crippen LogP contribution is -2.19. The Morgan fingerprint density at radius 3 is 2.04 bits per heavy atom. The second-order valence-corrected chi connectivity index (χ2v) is 4.97. The van der Waals surface area contributed by atoms with Gasteiger partial charge in [0.1, 0.15) is 0 Å². The highest BCUT2D eigenvalue weighted by Crippen LogP contribution is 2.37. The number of benzene rings is 2. The number of amides is 2. The van der Waals surface area contributed by atoms with Crippen molar-refractivity contribution < 1.29 is 29.6 Å². The smallest absolute Gasteiger partial charge is 0.323 e. The van der Waals surface area contributed by atoms with E-state index in [1.54, 1.807) is 18.2 Å². The molecule has 8 nitrogen and oxygen atoms in total. The van der Waals surface area contributed by atoms with Gasteiger partial charge in [-0.05, 0) is 26.0 Å². The normalized spacial score (nSPS) is 10.2. The number of hydrogen-bond donors (Lipinski definition) is 5. The van der Waals surface area contributed by atoms with Crippen LogP contribution < -0.4 is 20.1 Å². The molecule has 0 aromatic heterocycles. The van der Waals surface area contributed by atoms with Crippen LogP contribution in [0.3, 0.4) is 0 Å². The van der Waals surface area contributed by atoms with Crippen molar-refractivity contribution in [2.45, 2.75) is 13.8 Å². The molecular formula is C17H20N2O6. The van der Waals surface area contributed by atoms with Gasteiger partial charge in [0.15, 0.2) is 28.7 Å². The van der Waals surface area contributed by atoms with Gasteiger partial charge in [0.05, 0.1) is 18.9 Å². The molecule has 2 aromatic carbocycles. The number of ether oxygens (including phenoxy) is 2. The minimum atomic E-state index is -0.654. The van der Waals surface area contributed by atoms with Crippen molar-refractivity contribution in [1.29, 1.82) is 0 Å². The number of rotatable bonds is 6. The summed E-state index contributed by atoms with van der Waals surface area (Å²) in [5.74, 6) is -0.672. The summed E-state index contributed by atoms with van der Waals surface area (Å²) in [6, 6.07) is 6.58. The largest absolute Gasteiger partial charge is 0.504 e. The molecule has 2 aromatic rings. The highest BCUT2D eigenvalue weighted by molar-refractivity contribution is 6.00. The summed E-state index contributed by atoms with van der Waals surface area (Å²) >= 11 is 0.